The minimum Gasteiger partial charge on any atom is -0.336 e. The molecule has 1 aliphatic rings. The lowest BCUT2D eigenvalue weighted by atomic mass is 9.98. The molecule has 118 valence electrons. The van der Waals surface area contributed by atoms with Crippen LogP contribution in [0.5, 0.6) is 0 Å². The smallest absolute Gasteiger partial charge is 0.240 e. The van der Waals surface area contributed by atoms with E-state index in [1.165, 1.54) is 16.7 Å². The number of piperazine rings is 1. The third kappa shape index (κ3) is 3.69. The largest absolute Gasteiger partial charge is 0.336 e. The predicted molar refractivity (Wildman–Crippen MR) is 94.1 cm³/mol. The second kappa shape index (κ2) is 7.25. The van der Waals surface area contributed by atoms with E-state index in [1.807, 2.05) is 23.1 Å². The van der Waals surface area contributed by atoms with Gasteiger partial charge in [-0.15, -0.1) is 6.58 Å². The van der Waals surface area contributed by atoms with Crippen molar-refractivity contribution in [3.63, 3.8) is 0 Å². The second-order valence-electron chi connectivity index (χ2n) is 5.85. The van der Waals surface area contributed by atoms with Crippen LogP contribution < -0.4 is 5.32 Å². The van der Waals surface area contributed by atoms with Gasteiger partial charge in [0, 0.05) is 19.6 Å². The van der Waals surface area contributed by atoms with Gasteiger partial charge in [-0.3, -0.25) is 4.79 Å². The topological polar surface area (TPSA) is 32.3 Å². The molecule has 0 unspecified atom stereocenters. The van der Waals surface area contributed by atoms with Crippen molar-refractivity contribution < 1.29 is 4.79 Å². The van der Waals surface area contributed by atoms with Crippen LogP contribution in [0.15, 0.2) is 67.3 Å². The molecule has 3 nitrogen and oxygen atoms in total. The minimum absolute atomic E-state index is 0.144. The molecular weight excluding hydrogens is 284 g/mol. The fourth-order valence-electron chi connectivity index (χ4n) is 3.03. The zero-order valence-electron chi connectivity index (χ0n) is 13.2. The van der Waals surface area contributed by atoms with E-state index in [0.29, 0.717) is 13.0 Å². The first-order valence-electron chi connectivity index (χ1n) is 8.05. The van der Waals surface area contributed by atoms with Crippen molar-refractivity contribution >= 4 is 5.91 Å². The van der Waals surface area contributed by atoms with Gasteiger partial charge in [0.15, 0.2) is 0 Å². The SMILES string of the molecule is C=CCN1CCN[C@@H](Cc2cccc(-c3ccccc3)c2)C1=O. The van der Waals surface area contributed by atoms with Crippen molar-refractivity contribution in [2.75, 3.05) is 19.6 Å². The summed E-state index contributed by atoms with van der Waals surface area (Å²) in [5, 5.41) is 3.34. The molecule has 1 atom stereocenters. The van der Waals surface area contributed by atoms with Crippen LogP contribution in [0.3, 0.4) is 0 Å². The van der Waals surface area contributed by atoms with Crippen LogP contribution in [0, 0.1) is 0 Å². The summed E-state index contributed by atoms with van der Waals surface area (Å²) in [6.07, 6.45) is 2.50. The maximum atomic E-state index is 12.5. The lowest BCUT2D eigenvalue weighted by Crippen LogP contribution is -2.55. The first-order chi connectivity index (χ1) is 11.3. The van der Waals surface area contributed by atoms with Crippen molar-refractivity contribution in [3.8, 4) is 11.1 Å². The van der Waals surface area contributed by atoms with Crippen molar-refractivity contribution in [1.82, 2.24) is 10.2 Å². The number of nitrogens with one attached hydrogen (secondary N) is 1. The van der Waals surface area contributed by atoms with Gasteiger partial charge in [0.25, 0.3) is 0 Å². The number of hydrogen-bond donors (Lipinski definition) is 1. The van der Waals surface area contributed by atoms with E-state index >= 15 is 0 Å². The molecule has 0 spiro atoms. The molecule has 2 aromatic carbocycles. The summed E-state index contributed by atoms with van der Waals surface area (Å²) in [5.41, 5.74) is 3.57. The van der Waals surface area contributed by atoms with Gasteiger partial charge in [-0.05, 0) is 23.1 Å². The van der Waals surface area contributed by atoms with Gasteiger partial charge in [-0.2, -0.15) is 0 Å². The molecule has 1 fully saturated rings. The van der Waals surface area contributed by atoms with Crippen LogP contribution >= 0.6 is 0 Å². The van der Waals surface area contributed by atoms with Crippen molar-refractivity contribution in [2.45, 2.75) is 12.5 Å². The number of amides is 1. The molecule has 1 saturated heterocycles. The van der Waals surface area contributed by atoms with Crippen molar-refractivity contribution in [2.24, 2.45) is 0 Å². The maximum absolute atomic E-state index is 12.5. The zero-order chi connectivity index (χ0) is 16.1. The molecule has 1 N–H and O–H groups in total. The van der Waals surface area contributed by atoms with Crippen LogP contribution in [0.25, 0.3) is 11.1 Å². The molecule has 23 heavy (non-hydrogen) atoms. The lowest BCUT2D eigenvalue weighted by molar-refractivity contribution is -0.135. The first-order valence-corrected chi connectivity index (χ1v) is 8.05. The number of hydrogen-bond acceptors (Lipinski definition) is 2. The highest BCUT2D eigenvalue weighted by molar-refractivity contribution is 5.83. The summed E-state index contributed by atoms with van der Waals surface area (Å²) in [6, 6.07) is 18.6. The molecule has 1 aliphatic heterocycles. The summed E-state index contributed by atoms with van der Waals surface area (Å²) in [7, 11) is 0. The Balaban J connectivity index is 1.75. The number of nitrogens with zero attached hydrogens (tertiary/aromatic N) is 1. The molecule has 0 aromatic heterocycles. The van der Waals surface area contributed by atoms with E-state index in [1.54, 1.807) is 6.08 Å². The lowest BCUT2D eigenvalue weighted by Gasteiger charge is -2.32. The van der Waals surface area contributed by atoms with Crippen LogP contribution in [0.4, 0.5) is 0 Å². The maximum Gasteiger partial charge on any atom is 0.240 e. The van der Waals surface area contributed by atoms with E-state index < -0.39 is 0 Å². The highest BCUT2D eigenvalue weighted by atomic mass is 16.2. The predicted octanol–water partition coefficient (Wildman–Crippen LogP) is 2.88. The van der Waals surface area contributed by atoms with Crippen LogP contribution in [-0.4, -0.2) is 36.5 Å². The summed E-state index contributed by atoms with van der Waals surface area (Å²) < 4.78 is 0. The Morgan fingerprint density at radius 1 is 1.13 bits per heavy atom. The quantitative estimate of drug-likeness (QED) is 0.862. The summed E-state index contributed by atoms with van der Waals surface area (Å²) >= 11 is 0. The van der Waals surface area contributed by atoms with Crippen molar-refractivity contribution in [3.05, 3.63) is 72.8 Å². The monoisotopic (exact) mass is 306 g/mol. The number of rotatable bonds is 5. The normalized spacial score (nSPS) is 18.0. The Kier molecular flexibility index (Phi) is 4.89. The standard InChI is InChI=1S/C20H22N2O/c1-2-12-22-13-11-21-19(20(22)23)15-16-7-6-10-18(14-16)17-8-4-3-5-9-17/h2-10,14,19,21H,1,11-13,15H2/t19-/m0/s1. The highest BCUT2D eigenvalue weighted by Crippen LogP contribution is 2.21. The number of benzene rings is 2. The van der Waals surface area contributed by atoms with E-state index in [9.17, 15) is 4.79 Å². The Labute approximate surface area is 137 Å². The Bertz CT molecular complexity index is 681. The molecular formula is C20H22N2O. The molecule has 0 aliphatic carbocycles. The van der Waals surface area contributed by atoms with E-state index in [0.717, 1.165) is 13.1 Å². The average molecular weight is 306 g/mol. The average Bonchev–Trinajstić information content (AvgIpc) is 2.60. The molecule has 1 amide bonds. The number of carbonyl (C=O) groups is 1. The van der Waals surface area contributed by atoms with Gasteiger partial charge < -0.3 is 10.2 Å². The van der Waals surface area contributed by atoms with Gasteiger partial charge in [-0.1, -0.05) is 60.7 Å². The summed E-state index contributed by atoms with van der Waals surface area (Å²) in [6.45, 7) is 5.95. The Morgan fingerprint density at radius 3 is 2.70 bits per heavy atom. The van der Waals surface area contributed by atoms with E-state index in [2.05, 4.69) is 48.3 Å². The first kappa shape index (κ1) is 15.5. The van der Waals surface area contributed by atoms with Crippen LogP contribution in [0.1, 0.15) is 5.56 Å². The molecule has 2 aromatic rings. The van der Waals surface area contributed by atoms with Crippen LogP contribution in [-0.2, 0) is 11.2 Å². The Morgan fingerprint density at radius 2 is 1.91 bits per heavy atom. The van der Waals surface area contributed by atoms with E-state index in [-0.39, 0.29) is 11.9 Å². The molecule has 3 rings (SSSR count). The third-order valence-electron chi connectivity index (χ3n) is 4.21. The molecule has 0 radical (unpaired) electrons. The second-order valence-corrected chi connectivity index (χ2v) is 5.85. The molecule has 3 heteroatoms. The molecule has 0 saturated carbocycles. The minimum atomic E-state index is -0.144. The molecule has 0 bridgehead atoms. The summed E-state index contributed by atoms with van der Waals surface area (Å²) in [4.78, 5) is 14.4. The fourth-order valence-corrected chi connectivity index (χ4v) is 3.03. The third-order valence-corrected chi connectivity index (χ3v) is 4.21. The highest BCUT2D eigenvalue weighted by Gasteiger charge is 2.27. The van der Waals surface area contributed by atoms with Gasteiger partial charge in [0.1, 0.15) is 0 Å². The summed E-state index contributed by atoms with van der Waals surface area (Å²) in [5.74, 6) is 0.168. The zero-order valence-corrected chi connectivity index (χ0v) is 13.2. The van der Waals surface area contributed by atoms with Gasteiger partial charge in [0.2, 0.25) is 5.91 Å². The van der Waals surface area contributed by atoms with Crippen molar-refractivity contribution in [1.29, 1.82) is 0 Å². The van der Waals surface area contributed by atoms with Gasteiger partial charge >= 0.3 is 0 Å². The fraction of sp³-hybridized carbons (Fsp3) is 0.250. The Hall–Kier alpha value is -2.39. The van der Waals surface area contributed by atoms with E-state index in [4.69, 9.17) is 0 Å². The van der Waals surface area contributed by atoms with Gasteiger partial charge in [-0.25, -0.2) is 0 Å². The van der Waals surface area contributed by atoms with Crippen LogP contribution in [0.2, 0.25) is 0 Å². The molecule has 1 heterocycles. The van der Waals surface area contributed by atoms with Gasteiger partial charge in [0.05, 0.1) is 6.04 Å². The number of carbonyl (C=O) groups excluding carboxylic acids is 1.